The molecule has 0 fully saturated rings. The van der Waals surface area contributed by atoms with Crippen molar-refractivity contribution < 1.29 is 177 Å². The summed E-state index contributed by atoms with van der Waals surface area (Å²) in [6.45, 7) is 0. The Morgan fingerprint density at radius 2 is 0.308 bits per heavy atom. The second-order valence-electron chi connectivity index (χ2n) is 0. The largest absolute Gasteiger partial charge is 3.00 e. The van der Waals surface area contributed by atoms with Crippen molar-refractivity contribution in [1.29, 1.82) is 0 Å². The molecule has 0 heterocycles. The van der Waals surface area contributed by atoms with Gasteiger partial charge < -0.3 is 38.3 Å². The molecule has 0 N–H and O–H groups in total. The third-order valence-electron chi connectivity index (χ3n) is 0. The zero-order chi connectivity index (χ0) is 0. The first-order valence-electron chi connectivity index (χ1n) is 0. The Balaban J connectivity index is 0. The SMILES string of the molecule is [Cu+2].[Cu+2].[La+3].[La+3].[Ni+2].[Ni+2].[O-2].[O-2].[O-2].[O-2].[O-2].[O-2].[O-2]. The third kappa shape index (κ3) is 189. The van der Waals surface area contributed by atoms with E-state index in [1.54, 1.807) is 0 Å². The smallest absolute Gasteiger partial charge is 2.00 e. The van der Waals surface area contributed by atoms with Crippen LogP contribution in [0.3, 0.4) is 0 Å². The van der Waals surface area contributed by atoms with E-state index in [4.69, 9.17) is 0 Å². The standard InChI is InChI=1S/2Cu.2La.2Ni.7O/q2*+2;2*+3;2*+2;7*-2. The van der Waals surface area contributed by atoms with E-state index in [0.29, 0.717) is 0 Å². The molecule has 0 aromatic rings. The molecule has 0 aromatic heterocycles. The van der Waals surface area contributed by atoms with Gasteiger partial charge in [-0.25, -0.2) is 0 Å². The molecule has 0 saturated carbocycles. The van der Waals surface area contributed by atoms with Gasteiger partial charge in [0.25, 0.3) is 0 Å². The maximum Gasteiger partial charge on any atom is 3.00 e. The summed E-state index contributed by atoms with van der Waals surface area (Å²) in [5, 5.41) is 0. The number of hydrogen-bond donors (Lipinski definition) is 0. The van der Waals surface area contributed by atoms with E-state index in [0.717, 1.165) is 0 Å². The summed E-state index contributed by atoms with van der Waals surface area (Å²) in [6, 6.07) is 0. The molecular formula is Cu2La2Ni2O7. The molecule has 0 unspecified atom stereocenters. The molecule has 0 aliphatic rings. The van der Waals surface area contributed by atoms with E-state index < -0.39 is 0 Å². The monoisotopic (exact) mass is 632 g/mol. The molecule has 0 aliphatic heterocycles. The van der Waals surface area contributed by atoms with Crippen LogP contribution >= 0.6 is 0 Å². The minimum absolute atomic E-state index is 0. The van der Waals surface area contributed by atoms with Crippen molar-refractivity contribution in [3.63, 3.8) is 0 Å². The first kappa shape index (κ1) is 261. The summed E-state index contributed by atoms with van der Waals surface area (Å²) in [6.07, 6.45) is 0. The molecule has 0 bridgehead atoms. The van der Waals surface area contributed by atoms with Crippen molar-refractivity contribution in [2.45, 2.75) is 0 Å². The molecular weight excluding hydrogens is 634 g/mol. The Hall–Kier alpha value is 4.14. The van der Waals surface area contributed by atoms with Gasteiger partial charge in [-0.3, -0.25) is 0 Å². The topological polar surface area (TPSA) is 200 Å². The Bertz CT molecular complexity index is 22.5. The molecule has 0 atom stereocenters. The van der Waals surface area contributed by atoms with Crippen LogP contribution in [0.1, 0.15) is 0 Å². The van der Waals surface area contributed by atoms with Crippen molar-refractivity contribution >= 4 is 0 Å². The Labute approximate surface area is 173 Å². The minimum Gasteiger partial charge on any atom is -2.00 e. The molecule has 0 spiro atoms. The average Bonchev–Trinajstić information content (AvgIpc) is 0. The maximum absolute atomic E-state index is 0. The van der Waals surface area contributed by atoms with Crippen molar-refractivity contribution in [2.24, 2.45) is 0 Å². The molecule has 2 radical (unpaired) electrons. The van der Waals surface area contributed by atoms with Crippen LogP contribution in [0, 0.1) is 71.2 Å². The Morgan fingerprint density at radius 3 is 0.308 bits per heavy atom. The zero-order valence-corrected chi connectivity index (χ0v) is 16.4. The van der Waals surface area contributed by atoms with Crippen molar-refractivity contribution in [3.05, 3.63) is 0 Å². The van der Waals surface area contributed by atoms with E-state index in [1.807, 2.05) is 0 Å². The normalized spacial score (nSPS) is 0. The van der Waals surface area contributed by atoms with Gasteiger partial charge in [-0.1, -0.05) is 0 Å². The maximum atomic E-state index is 0. The molecule has 7 nitrogen and oxygen atoms in total. The van der Waals surface area contributed by atoms with Gasteiger partial charge in [-0.05, 0) is 0 Å². The third-order valence-corrected chi connectivity index (χ3v) is 0. The van der Waals surface area contributed by atoms with E-state index in [-0.39, 0.29) is 177 Å². The van der Waals surface area contributed by atoms with Crippen LogP contribution in [0.5, 0.6) is 0 Å². The van der Waals surface area contributed by atoms with Crippen LogP contribution in [-0.2, 0) is 105 Å². The summed E-state index contributed by atoms with van der Waals surface area (Å²) in [4.78, 5) is 0. The van der Waals surface area contributed by atoms with Gasteiger partial charge in [-0.2, -0.15) is 0 Å². The Morgan fingerprint density at radius 1 is 0.308 bits per heavy atom. The Kier molecular flexibility index (Phi) is 4340. The molecule has 0 rings (SSSR count). The molecule has 13 heavy (non-hydrogen) atoms. The summed E-state index contributed by atoms with van der Waals surface area (Å²) in [5.41, 5.74) is 0. The minimum atomic E-state index is 0. The fourth-order valence-electron chi connectivity index (χ4n) is 0. The molecule has 0 aromatic carbocycles. The van der Waals surface area contributed by atoms with Crippen LogP contribution in [0.25, 0.3) is 0 Å². The van der Waals surface area contributed by atoms with E-state index in [2.05, 4.69) is 0 Å². The van der Waals surface area contributed by atoms with E-state index >= 15 is 0 Å². The molecule has 90 valence electrons. The first-order valence-corrected chi connectivity index (χ1v) is 0. The molecule has 0 amide bonds. The average molecular weight is 634 g/mol. The van der Waals surface area contributed by atoms with Gasteiger partial charge in [0.15, 0.2) is 0 Å². The number of hydrogen-bond acceptors (Lipinski definition) is 0. The van der Waals surface area contributed by atoms with Gasteiger partial charge in [0.2, 0.25) is 0 Å². The van der Waals surface area contributed by atoms with E-state index in [1.165, 1.54) is 0 Å². The quantitative estimate of drug-likeness (QED) is 0.300. The summed E-state index contributed by atoms with van der Waals surface area (Å²) < 4.78 is 0. The molecule has 13 heteroatoms. The zero-order valence-electron chi connectivity index (χ0n) is 5.25. The van der Waals surface area contributed by atoms with E-state index in [9.17, 15) is 0 Å². The van der Waals surface area contributed by atoms with Crippen LogP contribution in [0.4, 0.5) is 0 Å². The first-order chi connectivity index (χ1) is 0. The predicted octanol–water partition coefficient (Wildman–Crippen LogP) is -0.842. The fourth-order valence-corrected chi connectivity index (χ4v) is 0. The van der Waals surface area contributed by atoms with Gasteiger partial charge in [-0.15, -0.1) is 0 Å². The van der Waals surface area contributed by atoms with Crippen LogP contribution < -0.4 is 0 Å². The number of rotatable bonds is 0. The second kappa shape index (κ2) is 216. The molecule has 0 aliphatic carbocycles. The molecule has 0 saturated heterocycles. The van der Waals surface area contributed by atoms with Crippen molar-refractivity contribution in [3.8, 4) is 0 Å². The van der Waals surface area contributed by atoms with Gasteiger partial charge in [0.05, 0.1) is 0 Å². The summed E-state index contributed by atoms with van der Waals surface area (Å²) in [5.74, 6) is 0. The summed E-state index contributed by atoms with van der Waals surface area (Å²) >= 11 is 0. The van der Waals surface area contributed by atoms with Gasteiger partial charge in [0, 0.05) is 0 Å². The fraction of sp³-hybridized carbons (Fsp3) is 0. The van der Waals surface area contributed by atoms with Gasteiger partial charge >= 0.3 is 138 Å². The van der Waals surface area contributed by atoms with Crippen LogP contribution in [0.2, 0.25) is 0 Å². The van der Waals surface area contributed by atoms with Crippen LogP contribution in [0.15, 0.2) is 0 Å². The summed E-state index contributed by atoms with van der Waals surface area (Å²) in [7, 11) is 0. The van der Waals surface area contributed by atoms with Crippen molar-refractivity contribution in [1.82, 2.24) is 0 Å². The van der Waals surface area contributed by atoms with Gasteiger partial charge in [0.1, 0.15) is 0 Å². The predicted molar refractivity (Wildman–Crippen MR) is 4.81 cm³/mol. The second-order valence-corrected chi connectivity index (χ2v) is 0. The van der Waals surface area contributed by atoms with Crippen molar-refractivity contribution in [2.75, 3.05) is 0 Å². The van der Waals surface area contributed by atoms with Crippen LogP contribution in [-0.4, -0.2) is 0 Å².